The molecule has 0 aromatic carbocycles. The second-order valence-electron chi connectivity index (χ2n) is 10.9. The second-order valence-corrected chi connectivity index (χ2v) is 11.4. The number of cyclic esters (lactones) is 1. The van der Waals surface area contributed by atoms with Crippen LogP contribution < -0.4 is 0 Å². The molecule has 2 saturated heterocycles. The van der Waals surface area contributed by atoms with Crippen LogP contribution in [0, 0.1) is 17.3 Å². The van der Waals surface area contributed by atoms with Gasteiger partial charge in [0.1, 0.15) is 30.5 Å². The highest BCUT2D eigenvalue weighted by Gasteiger charge is 2.53. The predicted molar refractivity (Wildman–Crippen MR) is 132 cm³/mol. The Morgan fingerprint density at radius 1 is 1.25 bits per heavy atom. The number of halogens is 1. The standard InChI is InChI=1S/C26H38ClNO8/c1-14-7-6-8-26(5)20(36-26)10-18(17(27)9-16-13-34-21(12-29)28-16)35-22(31)11-19(30)25(3,4)24(33)15(2)23(14)32/h9,13-15,18-20,23,29-30,32H,6-8,10-12H2,1-5H3. The first kappa shape index (κ1) is 28.8. The van der Waals surface area contributed by atoms with Crippen molar-refractivity contribution in [3.8, 4) is 0 Å². The normalized spacial score (nSPS) is 36.8. The van der Waals surface area contributed by atoms with Crippen molar-refractivity contribution in [1.82, 2.24) is 4.98 Å². The van der Waals surface area contributed by atoms with E-state index in [1.807, 2.05) is 13.8 Å². The number of aliphatic hydroxyl groups is 3. The number of hydrogen-bond donors (Lipinski definition) is 3. The number of hydrogen-bond acceptors (Lipinski definition) is 9. The number of aromatic nitrogens is 1. The van der Waals surface area contributed by atoms with Crippen LogP contribution in [-0.2, 0) is 25.7 Å². The number of rotatable bonds is 3. The zero-order chi connectivity index (χ0) is 26.8. The summed E-state index contributed by atoms with van der Waals surface area (Å²) in [4.78, 5) is 30.1. The third-order valence-corrected chi connectivity index (χ3v) is 8.06. The first-order valence-electron chi connectivity index (χ1n) is 12.5. The lowest BCUT2D eigenvalue weighted by Crippen LogP contribution is -2.45. The number of fused-ring (bicyclic) bond motifs is 1. The van der Waals surface area contributed by atoms with Crippen molar-refractivity contribution in [2.45, 2.75) is 103 Å². The summed E-state index contributed by atoms with van der Waals surface area (Å²) in [6, 6.07) is 0. The molecule has 2 aliphatic rings. The van der Waals surface area contributed by atoms with Gasteiger partial charge in [-0.15, -0.1) is 0 Å². The molecule has 0 radical (unpaired) electrons. The van der Waals surface area contributed by atoms with Crippen LogP contribution in [0.5, 0.6) is 0 Å². The smallest absolute Gasteiger partial charge is 0.309 e. The highest BCUT2D eigenvalue weighted by molar-refractivity contribution is 6.32. The second kappa shape index (κ2) is 11.3. The molecule has 1 aromatic rings. The van der Waals surface area contributed by atoms with E-state index in [0.717, 1.165) is 12.8 Å². The molecule has 3 N–H and O–H groups in total. The summed E-state index contributed by atoms with van der Waals surface area (Å²) in [7, 11) is 0. The summed E-state index contributed by atoms with van der Waals surface area (Å²) in [5, 5.41) is 31.0. The van der Waals surface area contributed by atoms with E-state index in [4.69, 9.17) is 30.6 Å². The van der Waals surface area contributed by atoms with Crippen LogP contribution in [0.15, 0.2) is 15.7 Å². The fraction of sp³-hybridized carbons (Fsp3) is 0.731. The number of carbonyl (C=O) groups is 2. The van der Waals surface area contributed by atoms with Crippen molar-refractivity contribution in [1.29, 1.82) is 0 Å². The van der Waals surface area contributed by atoms with Gasteiger partial charge in [-0.1, -0.05) is 45.7 Å². The van der Waals surface area contributed by atoms with Gasteiger partial charge in [0.05, 0.1) is 40.8 Å². The molecule has 2 aliphatic heterocycles. The van der Waals surface area contributed by atoms with Crippen LogP contribution in [0.2, 0.25) is 0 Å². The van der Waals surface area contributed by atoms with Gasteiger partial charge in [-0.3, -0.25) is 9.59 Å². The van der Waals surface area contributed by atoms with Crippen molar-refractivity contribution >= 4 is 29.4 Å². The van der Waals surface area contributed by atoms with Crippen LogP contribution >= 0.6 is 11.6 Å². The van der Waals surface area contributed by atoms with Gasteiger partial charge < -0.3 is 29.2 Å². The Kier molecular flexibility index (Phi) is 9.04. The number of oxazole rings is 1. The van der Waals surface area contributed by atoms with Crippen molar-refractivity contribution < 1.29 is 38.8 Å². The molecule has 9 nitrogen and oxygen atoms in total. The molecule has 3 rings (SSSR count). The number of esters is 1. The molecule has 7 atom stereocenters. The topological polar surface area (TPSA) is 143 Å². The Morgan fingerprint density at radius 2 is 1.94 bits per heavy atom. The Bertz CT molecular complexity index is 975. The Balaban J connectivity index is 1.85. The maximum atomic E-state index is 13.2. The maximum Gasteiger partial charge on any atom is 0.309 e. The SMILES string of the molecule is CC1CCCC2(C)OC2CC(C(Cl)=Cc2coc(CO)n2)OC(=O)CC(O)C(C)(C)C(=O)C(C)C1O. The van der Waals surface area contributed by atoms with Crippen molar-refractivity contribution in [2.24, 2.45) is 17.3 Å². The highest BCUT2D eigenvalue weighted by Crippen LogP contribution is 2.45. The summed E-state index contributed by atoms with van der Waals surface area (Å²) < 4.78 is 16.8. The lowest BCUT2D eigenvalue weighted by molar-refractivity contribution is -0.154. The van der Waals surface area contributed by atoms with Gasteiger partial charge in [0.25, 0.3) is 0 Å². The molecule has 7 unspecified atom stereocenters. The summed E-state index contributed by atoms with van der Waals surface area (Å²) in [6.45, 7) is 8.34. The van der Waals surface area contributed by atoms with E-state index >= 15 is 0 Å². The minimum Gasteiger partial charge on any atom is -0.456 e. The van der Waals surface area contributed by atoms with Gasteiger partial charge >= 0.3 is 5.97 Å². The zero-order valence-corrected chi connectivity index (χ0v) is 22.3. The lowest BCUT2D eigenvalue weighted by atomic mass is 9.73. The van der Waals surface area contributed by atoms with E-state index < -0.39 is 47.6 Å². The van der Waals surface area contributed by atoms with E-state index in [9.17, 15) is 19.8 Å². The fourth-order valence-corrected chi connectivity index (χ4v) is 5.13. The average Bonchev–Trinajstić information content (AvgIpc) is 3.23. The first-order valence-corrected chi connectivity index (χ1v) is 12.9. The van der Waals surface area contributed by atoms with Gasteiger partial charge in [0.2, 0.25) is 5.89 Å². The Morgan fingerprint density at radius 3 is 2.58 bits per heavy atom. The Hall–Kier alpha value is -1.78. The summed E-state index contributed by atoms with van der Waals surface area (Å²) >= 11 is 6.55. The fourth-order valence-electron chi connectivity index (χ4n) is 4.88. The summed E-state index contributed by atoms with van der Waals surface area (Å²) in [5.41, 5.74) is -1.32. The van der Waals surface area contributed by atoms with Crippen LogP contribution in [0.4, 0.5) is 0 Å². The molecule has 3 heterocycles. The molecular weight excluding hydrogens is 490 g/mol. The van der Waals surface area contributed by atoms with E-state index in [1.165, 1.54) is 12.3 Å². The molecular formula is C26H38ClNO8. The number of ketones is 1. The molecule has 36 heavy (non-hydrogen) atoms. The third kappa shape index (κ3) is 6.55. The Labute approximate surface area is 216 Å². The third-order valence-electron chi connectivity index (χ3n) is 7.70. The van der Waals surface area contributed by atoms with Crippen molar-refractivity contribution in [3.63, 3.8) is 0 Å². The minimum absolute atomic E-state index is 0.119. The zero-order valence-electron chi connectivity index (χ0n) is 21.6. The molecule has 0 aliphatic carbocycles. The van der Waals surface area contributed by atoms with Crippen LogP contribution in [0.25, 0.3) is 6.08 Å². The van der Waals surface area contributed by atoms with E-state index in [1.54, 1.807) is 20.8 Å². The van der Waals surface area contributed by atoms with Gasteiger partial charge in [-0.2, -0.15) is 0 Å². The van der Waals surface area contributed by atoms with E-state index in [0.29, 0.717) is 18.5 Å². The maximum absolute atomic E-state index is 13.2. The van der Waals surface area contributed by atoms with Gasteiger partial charge in [0, 0.05) is 12.3 Å². The van der Waals surface area contributed by atoms with Gasteiger partial charge in [0.15, 0.2) is 0 Å². The number of carbonyl (C=O) groups excluding carboxylic acids is 2. The quantitative estimate of drug-likeness (QED) is 0.398. The number of aliphatic hydroxyl groups excluding tert-OH is 3. The predicted octanol–water partition coefficient (Wildman–Crippen LogP) is 3.37. The molecule has 1 aromatic heterocycles. The molecule has 0 spiro atoms. The van der Waals surface area contributed by atoms with E-state index in [2.05, 4.69) is 4.98 Å². The molecule has 0 saturated carbocycles. The molecule has 202 valence electrons. The van der Waals surface area contributed by atoms with Crippen LogP contribution in [0.3, 0.4) is 0 Å². The van der Waals surface area contributed by atoms with Gasteiger partial charge in [-0.05, 0) is 31.8 Å². The molecule has 2 fully saturated rings. The average molecular weight is 528 g/mol. The number of ether oxygens (including phenoxy) is 2. The molecule has 10 heteroatoms. The first-order chi connectivity index (χ1) is 16.8. The number of nitrogens with zero attached hydrogens (tertiary/aromatic N) is 1. The highest BCUT2D eigenvalue weighted by atomic mass is 35.5. The monoisotopic (exact) mass is 527 g/mol. The lowest BCUT2D eigenvalue weighted by Gasteiger charge is -2.34. The van der Waals surface area contributed by atoms with Crippen molar-refractivity contribution in [2.75, 3.05) is 0 Å². The summed E-state index contributed by atoms with van der Waals surface area (Å²) in [5.74, 6) is -1.72. The molecule has 0 bridgehead atoms. The minimum atomic E-state index is -1.32. The summed E-state index contributed by atoms with van der Waals surface area (Å²) in [6.07, 6.45) is 1.72. The number of Topliss-reactive ketones (excluding diaryl/α,β-unsaturated/α-hetero) is 1. The molecule has 0 amide bonds. The van der Waals surface area contributed by atoms with E-state index in [-0.39, 0.29) is 35.3 Å². The van der Waals surface area contributed by atoms with Crippen LogP contribution in [-0.4, -0.2) is 62.1 Å². The number of epoxide rings is 1. The van der Waals surface area contributed by atoms with Crippen molar-refractivity contribution in [3.05, 3.63) is 22.9 Å². The van der Waals surface area contributed by atoms with Crippen LogP contribution in [0.1, 0.15) is 78.3 Å². The van der Waals surface area contributed by atoms with Gasteiger partial charge in [-0.25, -0.2) is 4.98 Å². The largest absolute Gasteiger partial charge is 0.456 e.